The summed E-state index contributed by atoms with van der Waals surface area (Å²) in [6, 6.07) is -2.75. The van der Waals surface area contributed by atoms with Gasteiger partial charge in [0.05, 0.1) is 0 Å². The van der Waals surface area contributed by atoms with Crippen molar-refractivity contribution in [3.63, 3.8) is 0 Å². The van der Waals surface area contributed by atoms with E-state index >= 15 is 0 Å². The monoisotopic (exact) mass is 850 g/mol. The molecule has 0 unspecified atom stereocenters. The van der Waals surface area contributed by atoms with E-state index in [2.05, 4.69) is 20.3 Å². The fourth-order valence-electron chi connectivity index (χ4n) is 0.413. The van der Waals surface area contributed by atoms with E-state index in [0.717, 1.165) is 0 Å². The predicted molar refractivity (Wildman–Crippen MR) is 86.5 cm³/mol. The van der Waals surface area contributed by atoms with Crippen molar-refractivity contribution in [3.05, 3.63) is 92.8 Å². The summed E-state index contributed by atoms with van der Waals surface area (Å²) in [6.07, 6.45) is 0. The molecule has 1 aromatic rings. The van der Waals surface area contributed by atoms with Gasteiger partial charge in [-0.25, -0.2) is 0 Å². The van der Waals surface area contributed by atoms with Gasteiger partial charge in [0.25, 0.3) is 0 Å². The maximum absolute atomic E-state index is 10.0. The van der Waals surface area contributed by atoms with Gasteiger partial charge in [-0.1, -0.05) is 0 Å². The fourth-order valence-corrected chi connectivity index (χ4v) is 0.413. The van der Waals surface area contributed by atoms with E-state index < -0.39 is 29.1 Å². The van der Waals surface area contributed by atoms with Crippen molar-refractivity contribution in [1.82, 2.24) is 15.0 Å². The van der Waals surface area contributed by atoms with E-state index in [1.54, 1.807) is 0 Å². The van der Waals surface area contributed by atoms with Gasteiger partial charge in [0.2, 0.25) is 0 Å². The van der Waals surface area contributed by atoms with Gasteiger partial charge in [0, 0.05) is 196 Å². The van der Waals surface area contributed by atoms with Crippen LogP contribution in [-0.4, -0.2) is 12.1 Å². The number of carbonyl (C=O) groups is 2. The second kappa shape index (κ2) is 52.6. The number of hydrogen-bond acceptors (Lipinski definition) is 5. The number of imide groups is 1. The first-order valence-corrected chi connectivity index (χ1v) is 3.31. The average molecular weight is 850 g/mol. The molecule has 1 aromatic heterocycles. The molecular formula is C11H20N6O5Y6-12. The Balaban J connectivity index is -0.0000000104. The minimum absolute atomic E-state index is 0. The summed E-state index contributed by atoms with van der Waals surface area (Å²) in [7, 11) is 0. The molecule has 0 aliphatic heterocycles. The molecule has 0 saturated heterocycles. The second-order valence-corrected chi connectivity index (χ2v) is 1.91. The van der Waals surface area contributed by atoms with Crippen LogP contribution in [0.25, 0.3) is 16.8 Å². The molecule has 4 amide bonds. The van der Waals surface area contributed by atoms with Crippen molar-refractivity contribution >= 4 is 12.1 Å². The molecule has 11 nitrogen and oxygen atoms in total. The van der Waals surface area contributed by atoms with Gasteiger partial charge in [-0.05, 0) is 29.1 Å². The molecule has 0 aromatic carbocycles. The van der Waals surface area contributed by atoms with Gasteiger partial charge >= 0.3 is 0 Å². The summed E-state index contributed by atoms with van der Waals surface area (Å²) in [6.45, 7) is 0. The van der Waals surface area contributed by atoms with E-state index in [9.17, 15) is 24.0 Å². The van der Waals surface area contributed by atoms with Crippen molar-refractivity contribution in [2.45, 2.75) is 0 Å². The third-order valence-electron chi connectivity index (χ3n) is 0.777. The maximum atomic E-state index is 10.0. The van der Waals surface area contributed by atoms with E-state index in [1.165, 1.54) is 0 Å². The van der Waals surface area contributed by atoms with Crippen LogP contribution in [0, 0.1) is 44.6 Å². The number of urea groups is 2. The first kappa shape index (κ1) is 85.4. The number of nitrogens with zero attached hydrogens (tertiary/aromatic N) is 4. The molecular weight excluding hydrogens is 830 g/mol. The zero-order valence-corrected chi connectivity index (χ0v) is 33.8. The summed E-state index contributed by atoms with van der Waals surface area (Å²) in [5, 5.41) is 2.33. The van der Waals surface area contributed by atoms with Gasteiger partial charge in [-0.15, -0.1) is 0 Å². The van der Waals surface area contributed by atoms with Crippen LogP contribution < -0.4 is 32.0 Å². The molecule has 6 radical (unpaired) electrons. The number of carbonyl (C=O) groups excluding carboxylic acids is 2. The Morgan fingerprint density at radius 1 is 0.536 bits per heavy atom. The molecule has 28 heavy (non-hydrogen) atoms. The van der Waals surface area contributed by atoms with Crippen molar-refractivity contribution < 1.29 is 206 Å². The van der Waals surface area contributed by atoms with E-state index in [4.69, 9.17) is 11.5 Å². The second-order valence-electron chi connectivity index (χ2n) is 1.91. The molecule has 17 heteroatoms. The smallest absolute Gasteiger partial charge is 0 e. The molecule has 0 saturated carbocycles. The van der Waals surface area contributed by atoms with Crippen LogP contribution in [0.2, 0.25) is 0 Å². The number of aromatic nitrogens is 3. The Hall–Kier alpha value is 3.77. The van der Waals surface area contributed by atoms with Crippen LogP contribution in [0.4, 0.5) is 9.59 Å². The Morgan fingerprint density at radius 2 is 0.679 bits per heavy atom. The third kappa shape index (κ3) is 63.0. The van der Waals surface area contributed by atoms with Crippen molar-refractivity contribution in [2.24, 2.45) is 0 Å². The molecule has 0 fully saturated rings. The van der Waals surface area contributed by atoms with Gasteiger partial charge in [-0.2, -0.15) is 0 Å². The number of rotatable bonds is 0. The molecule has 0 aliphatic rings. The zero-order valence-electron chi connectivity index (χ0n) is 16.8. The summed E-state index contributed by atoms with van der Waals surface area (Å²) in [5.41, 5.74) is 8.67. The van der Waals surface area contributed by atoms with Crippen molar-refractivity contribution in [1.29, 1.82) is 0 Å². The van der Waals surface area contributed by atoms with Crippen LogP contribution >= 0.6 is 0 Å². The van der Waals surface area contributed by atoms with Crippen LogP contribution in [-0.2, 0) is 196 Å². The summed E-state index contributed by atoms with van der Waals surface area (Å²) < 4.78 is 0. The van der Waals surface area contributed by atoms with Gasteiger partial charge in [0.1, 0.15) is 0 Å². The van der Waals surface area contributed by atoms with Gasteiger partial charge < -0.3 is 100 Å². The largest absolute Gasteiger partial charge is 0.684 e. The number of nitrogens with one attached hydrogen (secondary N) is 2. The van der Waals surface area contributed by atoms with Crippen LogP contribution in [0.3, 0.4) is 0 Å². The molecule has 0 spiro atoms. The Morgan fingerprint density at radius 3 is 0.750 bits per heavy atom. The molecule has 0 aliphatic carbocycles. The van der Waals surface area contributed by atoms with Crippen LogP contribution in [0.1, 0.15) is 0 Å². The quantitative estimate of drug-likeness (QED) is 0.346. The summed E-state index contributed by atoms with van der Waals surface area (Å²) >= 11 is 0. The third-order valence-corrected chi connectivity index (χ3v) is 0.777. The topological polar surface area (TPSA) is 189 Å². The van der Waals surface area contributed by atoms with E-state index in [-0.39, 0.29) is 241 Å². The predicted octanol–water partition coefficient (Wildman–Crippen LogP) is 1.03. The fraction of sp³-hybridized carbons (Fsp3) is 0. The molecule has 1 rings (SSSR count). The summed E-state index contributed by atoms with van der Waals surface area (Å²) in [5.74, 6) is 0. The van der Waals surface area contributed by atoms with Crippen molar-refractivity contribution in [2.75, 3.05) is 0 Å². The first-order valence-electron chi connectivity index (χ1n) is 3.31. The van der Waals surface area contributed by atoms with E-state index in [0.29, 0.717) is 0 Å². The van der Waals surface area contributed by atoms with E-state index in [1.807, 2.05) is 0 Å². The van der Waals surface area contributed by atoms with Crippen molar-refractivity contribution in [3.8, 4) is 0 Å². The summed E-state index contributed by atoms with van der Waals surface area (Å²) in [4.78, 5) is 57.1. The first-order chi connectivity index (χ1) is 7.31. The molecule has 154 valence electrons. The average Bonchev–Trinajstić information content (AvgIpc) is 1.97. The van der Waals surface area contributed by atoms with Gasteiger partial charge in [-0.3, -0.25) is 0 Å². The standard InChI is InChI=1S/C3H3N3O3.C2H4N3O2.6CH3.6Y/c7-1-4-2(8)6-3(9)5-1;3-1(6)5-2(4)7;;;;;;;;;;;;/h(H3,4,5,6,7,8,9);(H4-,3,4,5,6,7);6*1H3;;;;;;/q;7*-1;;;;;;/p-5. The molecule has 2 N–H and O–H groups in total. The minimum atomic E-state index is -1.38. The van der Waals surface area contributed by atoms with Crippen LogP contribution in [0.15, 0.2) is 14.4 Å². The SMILES string of the molecule is O=c1[n-]c(=O)[n-]c(=O)[n-]1.[CH3-].[CH3-].[CH3-].[CH3-].[CH3-].[CH3-].[NH-]C(=O)[N-]C([NH-])=O.[Y].[Y].[Y].[Y].[Y].[Y]. The molecule has 0 bridgehead atoms. The number of hydrogen-bond donors (Lipinski definition) is 0. The normalized spacial score (nSPS) is 4.86. The maximum Gasteiger partial charge on any atom is 0 e. The Labute approximate surface area is 318 Å². The minimum Gasteiger partial charge on any atom is -0.684 e. The Kier molecular flexibility index (Phi) is 160. The zero-order chi connectivity index (χ0) is 12.7. The molecule has 0 atom stereocenters. The molecule has 1 heterocycles. The Bertz CT molecular complexity index is 475. The van der Waals surface area contributed by atoms with Gasteiger partial charge in [0.15, 0.2) is 0 Å². The number of amides is 4. The van der Waals surface area contributed by atoms with Crippen LogP contribution in [0.5, 0.6) is 0 Å².